The number of nitrogens with zero attached hydrogens (tertiary/aromatic N) is 1. The van der Waals surface area contributed by atoms with Gasteiger partial charge in [-0.15, -0.1) is 0 Å². The molecule has 8 heteroatoms. The molecule has 0 atom stereocenters. The predicted octanol–water partition coefficient (Wildman–Crippen LogP) is 3.44. The molecule has 2 N–H and O–H groups in total. The number of ether oxygens (including phenoxy) is 1. The molecule has 3 amide bonds. The first kappa shape index (κ1) is 24.0. The zero-order chi connectivity index (χ0) is 22.5. The molecule has 1 aromatic carbocycles. The van der Waals surface area contributed by atoms with Gasteiger partial charge in [0.1, 0.15) is 18.1 Å². The maximum Gasteiger partial charge on any atom is 0.305 e. The van der Waals surface area contributed by atoms with Crippen molar-refractivity contribution < 1.29 is 23.5 Å². The van der Waals surface area contributed by atoms with Crippen molar-refractivity contribution in [2.24, 2.45) is 0 Å². The Hall–Kier alpha value is -3.29. The van der Waals surface area contributed by atoms with Crippen LogP contribution in [0.1, 0.15) is 62.3 Å². The molecule has 0 radical (unpaired) electrons. The van der Waals surface area contributed by atoms with Crippen molar-refractivity contribution in [1.82, 2.24) is 15.8 Å². The summed E-state index contributed by atoms with van der Waals surface area (Å²) in [6.07, 6.45) is 2.69. The van der Waals surface area contributed by atoms with E-state index in [4.69, 9.17) is 9.15 Å². The zero-order valence-electron chi connectivity index (χ0n) is 18.2. The van der Waals surface area contributed by atoms with E-state index in [1.54, 1.807) is 6.07 Å². The molecular weight excluding hydrogens is 398 g/mol. The fourth-order valence-electron chi connectivity index (χ4n) is 2.96. The van der Waals surface area contributed by atoms with Crippen molar-refractivity contribution in [2.45, 2.75) is 52.6 Å². The van der Waals surface area contributed by atoms with Gasteiger partial charge in [-0.3, -0.25) is 25.2 Å². The predicted molar refractivity (Wildman–Crippen MR) is 116 cm³/mol. The molecule has 0 aliphatic carbocycles. The highest BCUT2D eigenvalue weighted by molar-refractivity contribution is 5.93. The average molecular weight is 430 g/mol. The van der Waals surface area contributed by atoms with Gasteiger partial charge in [0.25, 0.3) is 0 Å². The SMILES string of the molecule is CCCN(CCC)C(=O)CCCC(=O)NNC(=O)c1ccc(COc2ccccc2)o1. The zero-order valence-corrected chi connectivity index (χ0v) is 18.2. The summed E-state index contributed by atoms with van der Waals surface area (Å²) < 4.78 is 11.0. The highest BCUT2D eigenvalue weighted by atomic mass is 16.5. The van der Waals surface area contributed by atoms with E-state index in [2.05, 4.69) is 10.9 Å². The van der Waals surface area contributed by atoms with Gasteiger partial charge < -0.3 is 14.1 Å². The topological polar surface area (TPSA) is 101 Å². The van der Waals surface area contributed by atoms with Crippen LogP contribution in [0, 0.1) is 0 Å². The van der Waals surface area contributed by atoms with Crippen molar-refractivity contribution in [3.8, 4) is 5.75 Å². The first-order valence-corrected chi connectivity index (χ1v) is 10.7. The van der Waals surface area contributed by atoms with Gasteiger partial charge in [0.05, 0.1) is 0 Å². The van der Waals surface area contributed by atoms with E-state index in [1.165, 1.54) is 6.07 Å². The second-order valence-corrected chi connectivity index (χ2v) is 7.10. The minimum Gasteiger partial charge on any atom is -0.486 e. The number of rotatable bonds is 12. The first-order valence-electron chi connectivity index (χ1n) is 10.7. The molecule has 0 spiro atoms. The first-order chi connectivity index (χ1) is 15.0. The summed E-state index contributed by atoms with van der Waals surface area (Å²) in [5.74, 6) is 0.384. The van der Waals surface area contributed by atoms with Crippen LogP contribution in [0.3, 0.4) is 0 Å². The van der Waals surface area contributed by atoms with Gasteiger partial charge in [-0.05, 0) is 43.5 Å². The van der Waals surface area contributed by atoms with Gasteiger partial charge in [-0.25, -0.2) is 0 Å². The van der Waals surface area contributed by atoms with E-state index in [0.29, 0.717) is 24.4 Å². The molecule has 0 aliphatic rings. The van der Waals surface area contributed by atoms with Crippen molar-refractivity contribution in [1.29, 1.82) is 0 Å². The maximum absolute atomic E-state index is 12.2. The van der Waals surface area contributed by atoms with Crippen LogP contribution >= 0.6 is 0 Å². The quantitative estimate of drug-likeness (QED) is 0.504. The fourth-order valence-corrected chi connectivity index (χ4v) is 2.96. The molecule has 8 nitrogen and oxygen atoms in total. The van der Waals surface area contributed by atoms with Crippen LogP contribution in [-0.2, 0) is 16.2 Å². The Balaban J connectivity index is 1.68. The minimum atomic E-state index is -0.563. The van der Waals surface area contributed by atoms with E-state index in [9.17, 15) is 14.4 Å². The molecule has 0 bridgehead atoms. The molecule has 2 aromatic rings. The monoisotopic (exact) mass is 429 g/mol. The molecule has 0 saturated carbocycles. The van der Waals surface area contributed by atoms with Crippen molar-refractivity contribution >= 4 is 17.7 Å². The largest absolute Gasteiger partial charge is 0.486 e. The van der Waals surface area contributed by atoms with Crippen LogP contribution in [0.15, 0.2) is 46.9 Å². The van der Waals surface area contributed by atoms with Crippen LogP contribution in [0.5, 0.6) is 5.75 Å². The smallest absolute Gasteiger partial charge is 0.305 e. The number of carbonyl (C=O) groups excluding carboxylic acids is 3. The van der Waals surface area contributed by atoms with Crippen LogP contribution in [0.4, 0.5) is 0 Å². The molecule has 0 fully saturated rings. The summed E-state index contributed by atoms with van der Waals surface area (Å²) >= 11 is 0. The number of benzene rings is 1. The van der Waals surface area contributed by atoms with Crippen LogP contribution in [0.25, 0.3) is 0 Å². The average Bonchev–Trinajstić information content (AvgIpc) is 3.26. The van der Waals surface area contributed by atoms with E-state index in [-0.39, 0.29) is 30.6 Å². The second kappa shape index (κ2) is 13.1. The second-order valence-electron chi connectivity index (χ2n) is 7.10. The number of hydrogen-bond acceptors (Lipinski definition) is 5. The van der Waals surface area contributed by atoms with Crippen molar-refractivity contribution in [2.75, 3.05) is 13.1 Å². The standard InChI is InChI=1S/C23H31N3O5/c1-3-15-26(16-4-2)22(28)12-8-11-21(27)24-25-23(29)20-14-13-19(31-20)17-30-18-9-6-5-7-10-18/h5-7,9-10,13-14H,3-4,8,11-12,15-17H2,1-2H3,(H,24,27)(H,25,29). The van der Waals surface area contributed by atoms with Gasteiger partial charge in [0.2, 0.25) is 11.8 Å². The third kappa shape index (κ3) is 8.54. The summed E-state index contributed by atoms with van der Waals surface area (Å²) in [4.78, 5) is 38.1. The summed E-state index contributed by atoms with van der Waals surface area (Å²) in [5, 5.41) is 0. The van der Waals surface area contributed by atoms with Crippen LogP contribution in [-0.4, -0.2) is 35.7 Å². The minimum absolute atomic E-state index is 0.0568. The molecule has 0 saturated heterocycles. The molecular formula is C23H31N3O5. The normalized spacial score (nSPS) is 10.4. The number of hydrogen-bond donors (Lipinski definition) is 2. The van der Waals surface area contributed by atoms with E-state index in [0.717, 1.165) is 25.9 Å². The van der Waals surface area contributed by atoms with Gasteiger partial charge in [-0.1, -0.05) is 32.0 Å². The van der Waals surface area contributed by atoms with Gasteiger partial charge in [0, 0.05) is 25.9 Å². The van der Waals surface area contributed by atoms with Crippen LogP contribution in [0.2, 0.25) is 0 Å². The Morgan fingerprint density at radius 3 is 2.32 bits per heavy atom. The lowest BCUT2D eigenvalue weighted by atomic mass is 10.2. The Labute approximate surface area is 182 Å². The number of amides is 3. The lowest BCUT2D eigenvalue weighted by Crippen LogP contribution is -2.41. The molecule has 31 heavy (non-hydrogen) atoms. The van der Waals surface area contributed by atoms with Gasteiger partial charge in [0.15, 0.2) is 5.76 Å². The number of carbonyl (C=O) groups is 3. The number of furan rings is 1. The molecule has 168 valence electrons. The number of nitrogens with one attached hydrogen (secondary N) is 2. The third-order valence-corrected chi connectivity index (χ3v) is 4.46. The van der Waals surface area contributed by atoms with E-state index >= 15 is 0 Å². The van der Waals surface area contributed by atoms with Gasteiger partial charge in [-0.2, -0.15) is 0 Å². The fraction of sp³-hybridized carbons (Fsp3) is 0.435. The Morgan fingerprint density at radius 1 is 0.935 bits per heavy atom. The molecule has 2 rings (SSSR count). The molecule has 0 aliphatic heterocycles. The Bertz CT molecular complexity index is 829. The Kier molecular flexibility index (Phi) is 10.1. The molecule has 1 aromatic heterocycles. The third-order valence-electron chi connectivity index (χ3n) is 4.46. The lowest BCUT2D eigenvalue weighted by Gasteiger charge is -2.21. The van der Waals surface area contributed by atoms with Crippen LogP contribution < -0.4 is 15.6 Å². The van der Waals surface area contributed by atoms with E-state index < -0.39 is 5.91 Å². The summed E-state index contributed by atoms with van der Waals surface area (Å²) in [7, 11) is 0. The Morgan fingerprint density at radius 2 is 1.65 bits per heavy atom. The maximum atomic E-state index is 12.2. The van der Waals surface area contributed by atoms with Crippen molar-refractivity contribution in [3.63, 3.8) is 0 Å². The summed E-state index contributed by atoms with van der Waals surface area (Å²) in [6, 6.07) is 12.4. The number of hydrazine groups is 1. The van der Waals surface area contributed by atoms with Gasteiger partial charge >= 0.3 is 5.91 Å². The van der Waals surface area contributed by atoms with Crippen molar-refractivity contribution in [3.05, 3.63) is 54.0 Å². The highest BCUT2D eigenvalue weighted by Crippen LogP contribution is 2.13. The summed E-state index contributed by atoms with van der Waals surface area (Å²) in [6.45, 7) is 5.71. The van der Waals surface area contributed by atoms with E-state index in [1.807, 2.05) is 49.1 Å². The molecule has 0 unspecified atom stereocenters. The summed E-state index contributed by atoms with van der Waals surface area (Å²) in [5.41, 5.74) is 4.67. The lowest BCUT2D eigenvalue weighted by molar-refractivity contribution is -0.131. The number of para-hydroxylation sites is 1. The highest BCUT2D eigenvalue weighted by Gasteiger charge is 2.14. The molecule has 1 heterocycles.